The fraction of sp³-hybridized carbons (Fsp3) is 0. The normalized spacial score (nSPS) is 9.70. The molecular formula is C22H12N2O3. The Morgan fingerprint density at radius 1 is 0.667 bits per heavy atom. The molecule has 0 saturated carbocycles. The first-order valence-electron chi connectivity index (χ1n) is 7.98. The third kappa shape index (κ3) is 3.89. The van der Waals surface area contributed by atoms with E-state index in [1.807, 2.05) is 12.1 Å². The van der Waals surface area contributed by atoms with Crippen LogP contribution in [0.15, 0.2) is 72.8 Å². The number of ketones is 2. The van der Waals surface area contributed by atoms with Crippen molar-refractivity contribution in [2.24, 2.45) is 0 Å². The average Bonchev–Trinajstić information content (AvgIpc) is 2.73. The van der Waals surface area contributed by atoms with Gasteiger partial charge in [-0.05, 0) is 42.5 Å². The minimum atomic E-state index is -0.599. The van der Waals surface area contributed by atoms with E-state index in [-0.39, 0.29) is 16.7 Å². The van der Waals surface area contributed by atoms with Crippen LogP contribution in [-0.4, -0.2) is 11.6 Å². The van der Waals surface area contributed by atoms with Crippen LogP contribution >= 0.6 is 0 Å². The van der Waals surface area contributed by atoms with Gasteiger partial charge in [0.1, 0.15) is 23.6 Å². The highest BCUT2D eigenvalue weighted by molar-refractivity contribution is 6.49. The number of carbonyl (C=O) groups is 2. The lowest BCUT2D eigenvalue weighted by atomic mass is 10.0. The summed E-state index contributed by atoms with van der Waals surface area (Å²) in [5.41, 5.74) is 1.08. The van der Waals surface area contributed by atoms with Gasteiger partial charge < -0.3 is 4.74 Å². The van der Waals surface area contributed by atoms with E-state index in [1.54, 1.807) is 48.5 Å². The van der Waals surface area contributed by atoms with E-state index in [0.29, 0.717) is 17.1 Å². The average molecular weight is 352 g/mol. The highest BCUT2D eigenvalue weighted by atomic mass is 16.5. The van der Waals surface area contributed by atoms with Crippen molar-refractivity contribution >= 4 is 11.6 Å². The van der Waals surface area contributed by atoms with Crippen molar-refractivity contribution in [2.45, 2.75) is 0 Å². The predicted octanol–water partition coefficient (Wildman–Crippen LogP) is 4.29. The number of rotatable bonds is 5. The van der Waals surface area contributed by atoms with E-state index in [0.717, 1.165) is 0 Å². The first-order chi connectivity index (χ1) is 13.1. The molecule has 0 aliphatic rings. The first-order valence-corrected chi connectivity index (χ1v) is 7.98. The number of ether oxygens (including phenoxy) is 1. The lowest BCUT2D eigenvalue weighted by Crippen LogP contribution is -2.14. The molecule has 27 heavy (non-hydrogen) atoms. The van der Waals surface area contributed by atoms with Crippen LogP contribution in [0.1, 0.15) is 31.8 Å². The highest BCUT2D eigenvalue weighted by Crippen LogP contribution is 2.24. The van der Waals surface area contributed by atoms with E-state index in [9.17, 15) is 9.59 Å². The quantitative estimate of drug-likeness (QED) is 0.505. The molecule has 0 radical (unpaired) electrons. The van der Waals surface area contributed by atoms with Gasteiger partial charge in [-0.25, -0.2) is 0 Å². The van der Waals surface area contributed by atoms with Crippen molar-refractivity contribution in [1.29, 1.82) is 10.5 Å². The predicted molar refractivity (Wildman–Crippen MR) is 97.5 cm³/mol. The zero-order valence-corrected chi connectivity index (χ0v) is 14.0. The van der Waals surface area contributed by atoms with Crippen LogP contribution in [0, 0.1) is 22.7 Å². The maximum Gasteiger partial charge on any atom is 0.233 e. The number of carbonyl (C=O) groups excluding carboxylic acids is 2. The molecule has 0 N–H and O–H groups in total. The summed E-state index contributed by atoms with van der Waals surface area (Å²) in [5, 5.41) is 18.0. The summed E-state index contributed by atoms with van der Waals surface area (Å²) in [6, 6.07) is 22.9. The molecule has 5 heteroatoms. The summed E-state index contributed by atoms with van der Waals surface area (Å²) in [4.78, 5) is 24.5. The van der Waals surface area contributed by atoms with Crippen LogP contribution in [0.3, 0.4) is 0 Å². The highest BCUT2D eigenvalue weighted by Gasteiger charge is 2.18. The second kappa shape index (κ2) is 7.77. The summed E-state index contributed by atoms with van der Waals surface area (Å²) in [5.74, 6) is -0.342. The van der Waals surface area contributed by atoms with Crippen molar-refractivity contribution in [3.8, 4) is 23.6 Å². The number of benzene rings is 3. The third-order valence-electron chi connectivity index (χ3n) is 3.83. The monoisotopic (exact) mass is 352 g/mol. The Morgan fingerprint density at radius 3 is 1.81 bits per heavy atom. The van der Waals surface area contributed by atoms with Gasteiger partial charge in [-0.1, -0.05) is 30.3 Å². The number of hydrogen-bond acceptors (Lipinski definition) is 5. The second-order valence-corrected chi connectivity index (χ2v) is 5.58. The molecule has 0 bridgehead atoms. The standard InChI is InChI=1S/C22H12N2O3/c23-13-17-8-11-20(12-18(17)14-24)27-19-9-6-16(7-10-19)22(26)21(25)15-4-2-1-3-5-15/h1-12H. The molecule has 3 aromatic rings. The smallest absolute Gasteiger partial charge is 0.233 e. The molecular weight excluding hydrogens is 340 g/mol. The SMILES string of the molecule is N#Cc1ccc(Oc2ccc(C(=O)C(=O)c3ccccc3)cc2)cc1C#N. The van der Waals surface area contributed by atoms with Gasteiger partial charge >= 0.3 is 0 Å². The van der Waals surface area contributed by atoms with Gasteiger partial charge in [-0.15, -0.1) is 0 Å². The van der Waals surface area contributed by atoms with Crippen molar-refractivity contribution in [1.82, 2.24) is 0 Å². The van der Waals surface area contributed by atoms with Crippen LogP contribution in [0.4, 0.5) is 0 Å². The van der Waals surface area contributed by atoms with Crippen LogP contribution in [0.25, 0.3) is 0 Å². The molecule has 0 fully saturated rings. The molecule has 0 aromatic heterocycles. The zero-order valence-electron chi connectivity index (χ0n) is 14.0. The van der Waals surface area contributed by atoms with Gasteiger partial charge in [0.2, 0.25) is 11.6 Å². The van der Waals surface area contributed by atoms with Crippen LogP contribution < -0.4 is 4.74 Å². The molecule has 0 unspecified atom stereocenters. The molecule has 128 valence electrons. The summed E-state index contributed by atoms with van der Waals surface area (Å²) in [6.45, 7) is 0. The lowest BCUT2D eigenvalue weighted by molar-refractivity contribution is 0.0817. The molecule has 0 heterocycles. The van der Waals surface area contributed by atoms with Gasteiger partial charge in [0.15, 0.2) is 0 Å². The molecule has 0 saturated heterocycles. The Kier molecular flexibility index (Phi) is 5.07. The molecule has 0 spiro atoms. The molecule has 0 atom stereocenters. The van der Waals surface area contributed by atoms with Crippen molar-refractivity contribution < 1.29 is 14.3 Å². The topological polar surface area (TPSA) is 90.9 Å². The van der Waals surface area contributed by atoms with Gasteiger partial charge in [0, 0.05) is 11.1 Å². The van der Waals surface area contributed by atoms with E-state index >= 15 is 0 Å². The van der Waals surface area contributed by atoms with Gasteiger partial charge in [-0.2, -0.15) is 10.5 Å². The Balaban J connectivity index is 1.76. The Hall–Kier alpha value is -4.22. The number of Topliss-reactive ketones (excluding diaryl/α,β-unsaturated/α-hetero) is 2. The van der Waals surface area contributed by atoms with E-state index in [2.05, 4.69) is 0 Å². The summed E-state index contributed by atoms with van der Waals surface area (Å²) in [7, 11) is 0. The first kappa shape index (κ1) is 17.6. The maximum atomic E-state index is 12.3. The summed E-state index contributed by atoms with van der Waals surface area (Å²) in [6.07, 6.45) is 0. The van der Waals surface area contributed by atoms with Crippen molar-refractivity contribution in [2.75, 3.05) is 0 Å². The van der Waals surface area contributed by atoms with Gasteiger partial charge in [0.25, 0.3) is 0 Å². The van der Waals surface area contributed by atoms with Crippen LogP contribution in [0.2, 0.25) is 0 Å². The number of hydrogen-bond donors (Lipinski definition) is 0. The Labute approximate surface area is 155 Å². The second-order valence-electron chi connectivity index (χ2n) is 5.58. The van der Waals surface area contributed by atoms with E-state index < -0.39 is 11.6 Å². The lowest BCUT2D eigenvalue weighted by Gasteiger charge is -2.07. The molecule has 3 aromatic carbocycles. The largest absolute Gasteiger partial charge is 0.457 e. The summed E-state index contributed by atoms with van der Waals surface area (Å²) >= 11 is 0. The van der Waals surface area contributed by atoms with Crippen LogP contribution in [0.5, 0.6) is 11.5 Å². The Morgan fingerprint density at radius 2 is 1.22 bits per heavy atom. The maximum absolute atomic E-state index is 12.3. The molecule has 0 aliphatic heterocycles. The molecule has 3 rings (SSSR count). The minimum Gasteiger partial charge on any atom is -0.457 e. The van der Waals surface area contributed by atoms with Crippen molar-refractivity contribution in [3.63, 3.8) is 0 Å². The zero-order chi connectivity index (χ0) is 19.2. The van der Waals surface area contributed by atoms with E-state index in [1.165, 1.54) is 24.3 Å². The molecule has 0 amide bonds. The molecule has 5 nitrogen and oxygen atoms in total. The fourth-order valence-corrected chi connectivity index (χ4v) is 2.44. The number of nitrogens with zero attached hydrogens (tertiary/aromatic N) is 2. The summed E-state index contributed by atoms with van der Waals surface area (Å²) < 4.78 is 5.64. The van der Waals surface area contributed by atoms with Gasteiger partial charge in [-0.3, -0.25) is 9.59 Å². The van der Waals surface area contributed by atoms with Crippen molar-refractivity contribution in [3.05, 3.63) is 95.1 Å². The minimum absolute atomic E-state index is 0.218. The van der Waals surface area contributed by atoms with Gasteiger partial charge in [0.05, 0.1) is 11.1 Å². The van der Waals surface area contributed by atoms with E-state index in [4.69, 9.17) is 15.3 Å². The number of nitriles is 2. The molecule has 0 aliphatic carbocycles. The Bertz CT molecular complexity index is 1090. The third-order valence-corrected chi connectivity index (χ3v) is 3.83. The van der Waals surface area contributed by atoms with Crippen LogP contribution in [-0.2, 0) is 0 Å². The fourth-order valence-electron chi connectivity index (χ4n) is 2.44.